The second-order valence-corrected chi connectivity index (χ2v) is 4.79. The van der Waals surface area contributed by atoms with Gasteiger partial charge >= 0.3 is 5.97 Å². The molecule has 6 nitrogen and oxygen atoms in total. The highest BCUT2D eigenvalue weighted by Gasteiger charge is 2.42. The molecule has 2 rings (SSSR count). The van der Waals surface area contributed by atoms with Crippen LogP contribution in [0.25, 0.3) is 0 Å². The zero-order valence-electron chi connectivity index (χ0n) is 10.5. The molecule has 1 aromatic rings. The largest absolute Gasteiger partial charge is 0.481 e. The van der Waals surface area contributed by atoms with Crippen molar-refractivity contribution in [3.63, 3.8) is 0 Å². The molecule has 0 bridgehead atoms. The Morgan fingerprint density at radius 1 is 1.47 bits per heavy atom. The highest BCUT2D eigenvalue weighted by Crippen LogP contribution is 2.26. The maximum atomic E-state index is 12.5. The highest BCUT2D eigenvalue weighted by molar-refractivity contribution is 5.96. The predicted molar refractivity (Wildman–Crippen MR) is 68.4 cm³/mol. The van der Waals surface area contributed by atoms with Crippen molar-refractivity contribution in [2.24, 2.45) is 5.73 Å². The number of carbonyl (C=O) groups is 2. The fraction of sp³-hybridized carbons (Fsp3) is 0.462. The number of aromatic nitrogens is 1. The van der Waals surface area contributed by atoms with Crippen LogP contribution in [0.3, 0.4) is 0 Å². The molecule has 4 N–H and O–H groups in total. The number of hydrogen-bond donors (Lipinski definition) is 3. The van der Waals surface area contributed by atoms with E-state index in [1.807, 2.05) is 0 Å². The van der Waals surface area contributed by atoms with E-state index in [4.69, 9.17) is 10.8 Å². The Bertz CT molecular complexity index is 471. The van der Waals surface area contributed by atoms with E-state index in [0.29, 0.717) is 12.0 Å². The second-order valence-electron chi connectivity index (χ2n) is 4.79. The van der Waals surface area contributed by atoms with E-state index < -0.39 is 17.9 Å². The second kappa shape index (κ2) is 5.46. The van der Waals surface area contributed by atoms with Crippen LogP contribution in [0.5, 0.6) is 0 Å². The van der Waals surface area contributed by atoms with E-state index >= 15 is 0 Å². The molecule has 0 unspecified atom stereocenters. The number of nitrogens with one attached hydrogen (secondary N) is 1. The van der Waals surface area contributed by atoms with Gasteiger partial charge < -0.3 is 16.2 Å². The molecule has 0 aliphatic carbocycles. The first-order valence-electron chi connectivity index (χ1n) is 6.23. The molecular formula is C13H17N3O3. The lowest BCUT2D eigenvalue weighted by atomic mass is 9.81. The van der Waals surface area contributed by atoms with E-state index in [0.717, 1.165) is 13.0 Å². The van der Waals surface area contributed by atoms with Gasteiger partial charge in [-0.1, -0.05) is 0 Å². The summed E-state index contributed by atoms with van der Waals surface area (Å²) in [6.07, 6.45) is 4.19. The lowest BCUT2D eigenvalue weighted by Gasteiger charge is -2.29. The minimum atomic E-state index is -1.50. The number of pyridine rings is 1. The quantitative estimate of drug-likeness (QED) is 0.692. The van der Waals surface area contributed by atoms with Crippen LogP contribution in [-0.4, -0.2) is 34.4 Å². The molecule has 0 spiro atoms. The lowest BCUT2D eigenvalue weighted by Crippen LogP contribution is -2.53. The monoisotopic (exact) mass is 263 g/mol. The lowest BCUT2D eigenvalue weighted by molar-refractivity contribution is -0.142. The van der Waals surface area contributed by atoms with Crippen molar-refractivity contribution in [3.8, 4) is 0 Å². The molecule has 1 aliphatic rings. The number of carbonyl (C=O) groups excluding carboxylic acids is 1. The van der Waals surface area contributed by atoms with E-state index in [-0.39, 0.29) is 11.8 Å². The molecule has 0 radical (unpaired) electrons. The molecule has 2 heterocycles. The summed E-state index contributed by atoms with van der Waals surface area (Å²) in [6.45, 7) is 0.760. The highest BCUT2D eigenvalue weighted by atomic mass is 16.4. The first-order chi connectivity index (χ1) is 9.04. The van der Waals surface area contributed by atoms with Crippen LogP contribution < -0.4 is 11.1 Å². The minimum absolute atomic E-state index is 0.265. The number of nitrogens with two attached hydrogens (primary N) is 1. The van der Waals surface area contributed by atoms with Crippen molar-refractivity contribution in [3.05, 3.63) is 30.1 Å². The van der Waals surface area contributed by atoms with Gasteiger partial charge in [-0.25, -0.2) is 0 Å². The summed E-state index contributed by atoms with van der Waals surface area (Å²) >= 11 is 0. The maximum Gasteiger partial charge on any atom is 0.306 e. The standard InChI is InChI=1S/C13H17N3O3/c14-13(8-11(17)18,9-3-6-15-7-4-9)12(19)10-2-1-5-16-10/h3-4,6-7,10,16H,1-2,5,8,14H2,(H,17,18)/t10-,13-/m1/s1. The molecule has 19 heavy (non-hydrogen) atoms. The average molecular weight is 263 g/mol. The van der Waals surface area contributed by atoms with Crippen LogP contribution in [0.1, 0.15) is 24.8 Å². The number of carboxylic acids is 1. The molecule has 1 aromatic heterocycles. The van der Waals surface area contributed by atoms with Gasteiger partial charge in [-0.2, -0.15) is 0 Å². The Labute approximate surface area is 111 Å². The molecule has 102 valence electrons. The summed E-state index contributed by atoms with van der Waals surface area (Å²) < 4.78 is 0. The fourth-order valence-corrected chi connectivity index (χ4v) is 2.44. The number of Topliss-reactive ketones (excluding diaryl/α,β-unsaturated/α-hetero) is 1. The molecule has 0 amide bonds. The van der Waals surface area contributed by atoms with Crippen LogP contribution in [0.4, 0.5) is 0 Å². The molecule has 2 atom stereocenters. The Kier molecular flexibility index (Phi) is 3.92. The first kappa shape index (κ1) is 13.6. The van der Waals surface area contributed by atoms with Crippen molar-refractivity contribution in [2.45, 2.75) is 30.8 Å². The van der Waals surface area contributed by atoms with Gasteiger partial charge in [-0.3, -0.25) is 14.6 Å². The van der Waals surface area contributed by atoms with Crippen LogP contribution in [0.2, 0.25) is 0 Å². The first-order valence-corrected chi connectivity index (χ1v) is 6.23. The third-order valence-corrected chi connectivity index (χ3v) is 3.44. The molecule has 0 aromatic carbocycles. The van der Waals surface area contributed by atoms with E-state index in [1.54, 1.807) is 12.1 Å². The smallest absolute Gasteiger partial charge is 0.306 e. The van der Waals surface area contributed by atoms with Crippen molar-refractivity contribution in [2.75, 3.05) is 6.54 Å². The summed E-state index contributed by atoms with van der Waals surface area (Å²) in [5, 5.41) is 12.1. The van der Waals surface area contributed by atoms with E-state index in [2.05, 4.69) is 10.3 Å². The predicted octanol–water partition coefficient (Wildman–Crippen LogP) is 0.0314. The zero-order chi connectivity index (χ0) is 13.9. The molecule has 1 aliphatic heterocycles. The summed E-state index contributed by atoms with van der Waals surface area (Å²) in [6, 6.07) is 2.82. The molecule has 0 saturated carbocycles. The molecular weight excluding hydrogens is 246 g/mol. The summed E-state index contributed by atoms with van der Waals surface area (Å²) in [5.74, 6) is -1.36. The Morgan fingerprint density at radius 2 is 2.16 bits per heavy atom. The molecule has 6 heteroatoms. The van der Waals surface area contributed by atoms with Crippen molar-refractivity contribution < 1.29 is 14.7 Å². The van der Waals surface area contributed by atoms with E-state index in [1.165, 1.54) is 12.4 Å². The van der Waals surface area contributed by atoms with E-state index in [9.17, 15) is 9.59 Å². The van der Waals surface area contributed by atoms with Crippen LogP contribution in [-0.2, 0) is 15.1 Å². The van der Waals surface area contributed by atoms with Gasteiger partial charge in [-0.05, 0) is 37.1 Å². The number of rotatable bonds is 5. The number of aliphatic carboxylic acids is 1. The zero-order valence-corrected chi connectivity index (χ0v) is 10.5. The summed E-state index contributed by atoms with van der Waals surface area (Å²) in [4.78, 5) is 27.4. The number of hydrogen-bond acceptors (Lipinski definition) is 5. The van der Waals surface area contributed by atoms with Gasteiger partial charge in [-0.15, -0.1) is 0 Å². The SMILES string of the molecule is N[C@@](CC(=O)O)(C(=O)[C@H]1CCCN1)c1ccncc1. The van der Waals surface area contributed by atoms with Gasteiger partial charge in [0.05, 0.1) is 12.5 Å². The van der Waals surface area contributed by atoms with Gasteiger partial charge in [0.1, 0.15) is 5.54 Å². The van der Waals surface area contributed by atoms with Crippen molar-refractivity contribution in [1.82, 2.24) is 10.3 Å². The van der Waals surface area contributed by atoms with Crippen LogP contribution in [0, 0.1) is 0 Å². The van der Waals surface area contributed by atoms with Crippen LogP contribution >= 0.6 is 0 Å². The normalized spacial score (nSPS) is 21.8. The summed E-state index contributed by atoms with van der Waals surface area (Å²) in [5.41, 5.74) is 5.13. The van der Waals surface area contributed by atoms with Gasteiger partial charge in [0.2, 0.25) is 0 Å². The Hall–Kier alpha value is -1.79. The Balaban J connectivity index is 2.33. The van der Waals surface area contributed by atoms with Gasteiger partial charge in [0.25, 0.3) is 0 Å². The Morgan fingerprint density at radius 3 is 2.68 bits per heavy atom. The third-order valence-electron chi connectivity index (χ3n) is 3.44. The van der Waals surface area contributed by atoms with Crippen molar-refractivity contribution in [1.29, 1.82) is 0 Å². The third kappa shape index (κ3) is 2.80. The van der Waals surface area contributed by atoms with Gasteiger partial charge in [0.15, 0.2) is 5.78 Å². The number of carboxylic acid groups (broad SMARTS) is 1. The molecule has 1 fully saturated rings. The maximum absolute atomic E-state index is 12.5. The molecule has 1 saturated heterocycles. The topological polar surface area (TPSA) is 105 Å². The van der Waals surface area contributed by atoms with Crippen LogP contribution in [0.15, 0.2) is 24.5 Å². The minimum Gasteiger partial charge on any atom is -0.481 e. The average Bonchev–Trinajstić information content (AvgIpc) is 2.91. The van der Waals surface area contributed by atoms with Crippen molar-refractivity contribution >= 4 is 11.8 Å². The van der Waals surface area contributed by atoms with Gasteiger partial charge in [0, 0.05) is 12.4 Å². The number of ketones is 1. The fourth-order valence-electron chi connectivity index (χ4n) is 2.44. The number of nitrogens with zero attached hydrogens (tertiary/aromatic N) is 1. The summed E-state index contributed by atoms with van der Waals surface area (Å²) in [7, 11) is 0.